The first-order valence-electron chi connectivity index (χ1n) is 9.40. The van der Waals surface area contributed by atoms with Crippen LogP contribution in [0.15, 0.2) is 4.42 Å². The van der Waals surface area contributed by atoms with E-state index in [1.165, 1.54) is 38.5 Å². The molecule has 0 atom stereocenters. The molecule has 0 spiro atoms. The second-order valence-electron chi connectivity index (χ2n) is 7.60. The van der Waals surface area contributed by atoms with Crippen molar-refractivity contribution in [2.45, 2.75) is 76.0 Å². The molecule has 4 rings (SSSR count). The lowest BCUT2D eigenvalue weighted by molar-refractivity contribution is -0.132. The quantitative estimate of drug-likeness (QED) is 0.832. The van der Waals surface area contributed by atoms with Gasteiger partial charge in [-0.25, -0.2) is 0 Å². The average Bonchev–Trinajstić information content (AvgIpc) is 3.11. The zero-order valence-corrected chi connectivity index (χ0v) is 13.9. The van der Waals surface area contributed by atoms with Gasteiger partial charge < -0.3 is 9.32 Å². The predicted molar refractivity (Wildman–Crippen MR) is 86.0 cm³/mol. The minimum Gasteiger partial charge on any atom is -0.425 e. The number of aromatic nitrogens is 2. The van der Waals surface area contributed by atoms with Gasteiger partial charge in [-0.05, 0) is 38.0 Å². The van der Waals surface area contributed by atoms with Crippen molar-refractivity contribution >= 4 is 5.91 Å². The molecule has 3 fully saturated rings. The molecule has 23 heavy (non-hydrogen) atoms. The third-order valence-corrected chi connectivity index (χ3v) is 5.82. The number of likely N-dealkylation sites (tertiary alicyclic amines) is 1. The Morgan fingerprint density at radius 1 is 0.957 bits per heavy atom. The number of amides is 1. The van der Waals surface area contributed by atoms with Crippen molar-refractivity contribution in [3.8, 4) is 0 Å². The molecule has 126 valence electrons. The highest BCUT2D eigenvalue weighted by Crippen LogP contribution is 2.40. The highest BCUT2D eigenvalue weighted by molar-refractivity contribution is 5.76. The van der Waals surface area contributed by atoms with E-state index >= 15 is 0 Å². The monoisotopic (exact) mass is 317 g/mol. The standard InChI is InChI=1S/C18H27N3O2/c22-16(8-5-13-3-1-2-4-13)21-11-9-15(10-12-21)18-20-19-17(23-18)14-6-7-14/h13-15H,1-12H2. The Hall–Kier alpha value is -1.39. The summed E-state index contributed by atoms with van der Waals surface area (Å²) in [5.74, 6) is 3.64. The lowest BCUT2D eigenvalue weighted by Gasteiger charge is -2.30. The van der Waals surface area contributed by atoms with Crippen LogP contribution < -0.4 is 0 Å². The number of carbonyl (C=O) groups is 1. The van der Waals surface area contributed by atoms with E-state index in [1.807, 2.05) is 4.90 Å². The molecular weight excluding hydrogens is 290 g/mol. The third-order valence-electron chi connectivity index (χ3n) is 5.82. The van der Waals surface area contributed by atoms with Crippen molar-refractivity contribution in [2.75, 3.05) is 13.1 Å². The van der Waals surface area contributed by atoms with Crippen molar-refractivity contribution < 1.29 is 9.21 Å². The van der Waals surface area contributed by atoms with Crippen LogP contribution in [0.3, 0.4) is 0 Å². The Kier molecular flexibility index (Phi) is 4.36. The molecule has 0 N–H and O–H groups in total. The van der Waals surface area contributed by atoms with E-state index in [0.29, 0.717) is 17.7 Å². The lowest BCUT2D eigenvalue weighted by atomic mass is 9.96. The number of hydrogen-bond donors (Lipinski definition) is 0. The molecule has 2 heterocycles. The van der Waals surface area contributed by atoms with Crippen molar-refractivity contribution in [1.82, 2.24) is 15.1 Å². The van der Waals surface area contributed by atoms with Crippen LogP contribution in [0.5, 0.6) is 0 Å². The molecule has 5 heteroatoms. The molecule has 1 amide bonds. The zero-order valence-electron chi connectivity index (χ0n) is 13.9. The number of piperidine rings is 1. The van der Waals surface area contributed by atoms with Crippen molar-refractivity contribution in [1.29, 1.82) is 0 Å². The number of nitrogens with zero attached hydrogens (tertiary/aromatic N) is 3. The van der Waals surface area contributed by atoms with Crippen LogP contribution in [-0.4, -0.2) is 34.1 Å². The smallest absolute Gasteiger partial charge is 0.222 e. The van der Waals surface area contributed by atoms with E-state index in [4.69, 9.17) is 4.42 Å². The minimum atomic E-state index is 0.342. The fourth-order valence-corrected chi connectivity index (χ4v) is 4.07. The summed E-state index contributed by atoms with van der Waals surface area (Å²) < 4.78 is 5.83. The number of carbonyl (C=O) groups excluding carboxylic acids is 1. The Morgan fingerprint density at radius 2 is 1.57 bits per heavy atom. The Balaban J connectivity index is 1.23. The van der Waals surface area contributed by atoms with Gasteiger partial charge in [-0.15, -0.1) is 10.2 Å². The molecule has 1 aromatic rings. The summed E-state index contributed by atoms with van der Waals surface area (Å²) in [6.45, 7) is 1.69. The first-order valence-corrected chi connectivity index (χ1v) is 9.40. The van der Waals surface area contributed by atoms with Crippen LogP contribution in [-0.2, 0) is 4.79 Å². The molecule has 2 saturated carbocycles. The fourth-order valence-electron chi connectivity index (χ4n) is 4.07. The molecule has 1 aliphatic heterocycles. The number of rotatable bonds is 5. The molecule has 0 radical (unpaired) electrons. The number of hydrogen-bond acceptors (Lipinski definition) is 4. The second kappa shape index (κ2) is 6.62. The van der Waals surface area contributed by atoms with Gasteiger partial charge in [0.1, 0.15) is 0 Å². The summed E-state index contributed by atoms with van der Waals surface area (Å²) in [5, 5.41) is 8.42. The van der Waals surface area contributed by atoms with E-state index in [2.05, 4.69) is 10.2 Å². The van der Waals surface area contributed by atoms with Crippen LogP contribution in [0.1, 0.15) is 87.8 Å². The minimum absolute atomic E-state index is 0.342. The second-order valence-corrected chi connectivity index (χ2v) is 7.60. The van der Waals surface area contributed by atoms with Gasteiger partial charge in [0.2, 0.25) is 17.7 Å². The van der Waals surface area contributed by atoms with Gasteiger partial charge >= 0.3 is 0 Å². The van der Waals surface area contributed by atoms with E-state index in [1.54, 1.807) is 0 Å². The van der Waals surface area contributed by atoms with E-state index < -0.39 is 0 Å². The molecule has 3 aliphatic rings. The van der Waals surface area contributed by atoms with E-state index in [0.717, 1.165) is 56.5 Å². The Bertz CT molecular complexity index is 538. The van der Waals surface area contributed by atoms with Gasteiger partial charge in [-0.3, -0.25) is 4.79 Å². The SMILES string of the molecule is O=C(CCC1CCCC1)N1CCC(c2nnc(C3CC3)o2)CC1. The van der Waals surface area contributed by atoms with Gasteiger partial charge in [-0.2, -0.15) is 0 Å². The van der Waals surface area contributed by atoms with Crippen molar-refractivity contribution in [3.63, 3.8) is 0 Å². The van der Waals surface area contributed by atoms with Crippen LogP contribution in [0, 0.1) is 5.92 Å². The maximum atomic E-state index is 12.4. The first-order chi connectivity index (χ1) is 11.3. The van der Waals surface area contributed by atoms with Crippen LogP contribution in [0.4, 0.5) is 0 Å². The topological polar surface area (TPSA) is 59.2 Å². The summed E-state index contributed by atoms with van der Waals surface area (Å²) in [4.78, 5) is 14.4. The molecule has 1 saturated heterocycles. The Labute approximate surface area is 137 Å². The van der Waals surface area contributed by atoms with Crippen molar-refractivity contribution in [2.24, 2.45) is 5.92 Å². The molecule has 0 unspecified atom stereocenters. The van der Waals surface area contributed by atoms with Crippen LogP contribution in [0.25, 0.3) is 0 Å². The predicted octanol–water partition coefficient (Wildman–Crippen LogP) is 3.62. The largest absolute Gasteiger partial charge is 0.425 e. The molecule has 2 aliphatic carbocycles. The average molecular weight is 317 g/mol. The molecule has 1 aromatic heterocycles. The van der Waals surface area contributed by atoms with E-state index in [9.17, 15) is 4.79 Å². The van der Waals surface area contributed by atoms with E-state index in [-0.39, 0.29) is 0 Å². The molecule has 5 nitrogen and oxygen atoms in total. The molecule has 0 aromatic carbocycles. The third kappa shape index (κ3) is 3.59. The van der Waals surface area contributed by atoms with Crippen LogP contribution in [0.2, 0.25) is 0 Å². The van der Waals surface area contributed by atoms with Gasteiger partial charge in [0, 0.05) is 31.3 Å². The maximum absolute atomic E-state index is 12.4. The summed E-state index contributed by atoms with van der Waals surface area (Å²) in [6.07, 6.45) is 11.5. The van der Waals surface area contributed by atoms with Gasteiger partial charge in [-0.1, -0.05) is 25.7 Å². The maximum Gasteiger partial charge on any atom is 0.222 e. The Morgan fingerprint density at radius 3 is 2.17 bits per heavy atom. The highest BCUT2D eigenvalue weighted by atomic mass is 16.4. The zero-order chi connectivity index (χ0) is 15.6. The highest BCUT2D eigenvalue weighted by Gasteiger charge is 2.32. The first kappa shape index (κ1) is 15.2. The van der Waals surface area contributed by atoms with Gasteiger partial charge in [0.05, 0.1) is 0 Å². The van der Waals surface area contributed by atoms with Crippen LogP contribution >= 0.6 is 0 Å². The molecular formula is C18H27N3O2. The summed E-state index contributed by atoms with van der Waals surface area (Å²) in [6, 6.07) is 0. The summed E-state index contributed by atoms with van der Waals surface area (Å²) in [5.41, 5.74) is 0. The van der Waals surface area contributed by atoms with Gasteiger partial charge in [0.25, 0.3) is 0 Å². The summed E-state index contributed by atoms with van der Waals surface area (Å²) in [7, 11) is 0. The lowest BCUT2D eigenvalue weighted by Crippen LogP contribution is -2.38. The van der Waals surface area contributed by atoms with Gasteiger partial charge in [0.15, 0.2) is 0 Å². The molecule has 0 bridgehead atoms. The summed E-state index contributed by atoms with van der Waals surface area (Å²) >= 11 is 0. The normalized spacial score (nSPS) is 23.6. The van der Waals surface area contributed by atoms with Crippen molar-refractivity contribution in [3.05, 3.63) is 11.8 Å². The fraction of sp³-hybridized carbons (Fsp3) is 0.833.